The van der Waals surface area contributed by atoms with Crippen molar-refractivity contribution in [2.24, 2.45) is 0 Å². The van der Waals surface area contributed by atoms with Crippen LogP contribution in [0.25, 0.3) is 22.3 Å². The van der Waals surface area contributed by atoms with E-state index in [1.54, 1.807) is 19.2 Å². The van der Waals surface area contributed by atoms with E-state index in [1.165, 1.54) is 0 Å². The Morgan fingerprint density at radius 3 is 2.44 bits per heavy atom. The summed E-state index contributed by atoms with van der Waals surface area (Å²) < 4.78 is 5.44. The second-order valence-electron chi connectivity index (χ2n) is 5.87. The third-order valence-electron chi connectivity index (χ3n) is 4.14. The normalized spacial score (nSPS) is 10.8. The molecule has 0 aliphatic heterocycles. The highest BCUT2D eigenvalue weighted by molar-refractivity contribution is 6.42. The number of fused-ring (bicyclic) bond motifs is 1. The lowest BCUT2D eigenvalue weighted by atomic mass is 10.1. The Balaban J connectivity index is 1.87. The lowest BCUT2D eigenvalue weighted by Crippen LogP contribution is -2.00. The zero-order valence-corrected chi connectivity index (χ0v) is 15.9. The van der Waals surface area contributed by atoms with Gasteiger partial charge in [0, 0.05) is 10.9 Å². The fraction of sp³-hybridized carbons (Fsp3) is 0.0476. The van der Waals surface area contributed by atoms with Gasteiger partial charge in [-0.2, -0.15) is 0 Å². The Labute approximate surface area is 166 Å². The second-order valence-corrected chi connectivity index (χ2v) is 6.68. The van der Waals surface area contributed by atoms with Crippen LogP contribution < -0.4 is 10.1 Å². The molecule has 4 rings (SSSR count). The van der Waals surface area contributed by atoms with Crippen LogP contribution in [0.3, 0.4) is 0 Å². The number of rotatable bonds is 4. The van der Waals surface area contributed by atoms with Gasteiger partial charge in [-0.15, -0.1) is 0 Å². The molecule has 4 aromatic rings. The van der Waals surface area contributed by atoms with Crippen molar-refractivity contribution in [3.8, 4) is 17.1 Å². The predicted molar refractivity (Wildman–Crippen MR) is 111 cm³/mol. The molecular weight excluding hydrogens is 381 g/mol. The number of aromatic nitrogens is 2. The summed E-state index contributed by atoms with van der Waals surface area (Å²) in [5, 5.41) is 5.23. The third kappa shape index (κ3) is 3.54. The molecule has 0 fully saturated rings. The second kappa shape index (κ2) is 7.43. The van der Waals surface area contributed by atoms with E-state index in [-0.39, 0.29) is 0 Å². The molecule has 0 radical (unpaired) electrons. The van der Waals surface area contributed by atoms with E-state index in [2.05, 4.69) is 10.3 Å². The van der Waals surface area contributed by atoms with Crippen LogP contribution in [0.4, 0.5) is 11.5 Å². The van der Waals surface area contributed by atoms with E-state index >= 15 is 0 Å². The maximum atomic E-state index is 6.17. The van der Waals surface area contributed by atoms with Gasteiger partial charge in [0.2, 0.25) is 0 Å². The first-order valence-corrected chi connectivity index (χ1v) is 9.03. The first-order chi connectivity index (χ1) is 13.2. The molecular formula is C21H15Cl2N3O. The fourth-order valence-electron chi connectivity index (χ4n) is 2.81. The molecule has 1 aromatic heterocycles. The van der Waals surface area contributed by atoms with E-state index in [4.69, 9.17) is 32.9 Å². The van der Waals surface area contributed by atoms with E-state index in [0.29, 0.717) is 21.7 Å². The Bertz CT molecular complexity index is 1130. The van der Waals surface area contributed by atoms with Crippen molar-refractivity contribution >= 4 is 45.6 Å². The first kappa shape index (κ1) is 17.6. The minimum absolute atomic E-state index is 0.463. The SMILES string of the molecule is COc1ccccc1Nc1nc(-c2ccc(Cl)c(Cl)c2)nc2ccccc12. The largest absolute Gasteiger partial charge is 0.495 e. The quantitative estimate of drug-likeness (QED) is 0.436. The van der Waals surface area contributed by atoms with E-state index < -0.39 is 0 Å². The number of hydrogen-bond donors (Lipinski definition) is 1. The molecule has 27 heavy (non-hydrogen) atoms. The van der Waals surface area contributed by atoms with Gasteiger partial charge in [0.05, 0.1) is 28.4 Å². The highest BCUT2D eigenvalue weighted by Gasteiger charge is 2.12. The molecule has 0 unspecified atom stereocenters. The molecule has 4 nitrogen and oxygen atoms in total. The summed E-state index contributed by atoms with van der Waals surface area (Å²) in [6.07, 6.45) is 0. The molecule has 0 saturated heterocycles. The number of halogens is 2. The van der Waals surface area contributed by atoms with Crippen molar-refractivity contribution in [2.75, 3.05) is 12.4 Å². The Morgan fingerprint density at radius 1 is 0.852 bits per heavy atom. The summed E-state index contributed by atoms with van der Waals surface area (Å²) in [5.41, 5.74) is 2.44. The molecule has 1 N–H and O–H groups in total. The number of benzene rings is 3. The maximum Gasteiger partial charge on any atom is 0.162 e. The van der Waals surface area contributed by atoms with Crippen LogP contribution in [0, 0.1) is 0 Å². The summed E-state index contributed by atoms with van der Waals surface area (Å²) in [7, 11) is 1.64. The van der Waals surface area contributed by atoms with Crippen molar-refractivity contribution in [1.29, 1.82) is 0 Å². The predicted octanol–water partition coefficient (Wildman–Crippen LogP) is 6.36. The van der Waals surface area contributed by atoms with Crippen LogP contribution in [0.1, 0.15) is 0 Å². The monoisotopic (exact) mass is 395 g/mol. The fourth-order valence-corrected chi connectivity index (χ4v) is 3.11. The summed E-state index contributed by atoms with van der Waals surface area (Å²) in [6, 6.07) is 20.9. The number of anilines is 2. The van der Waals surface area contributed by atoms with Crippen LogP contribution >= 0.6 is 23.2 Å². The average molecular weight is 396 g/mol. The van der Waals surface area contributed by atoms with Crippen LogP contribution in [0.15, 0.2) is 66.7 Å². The van der Waals surface area contributed by atoms with Crippen LogP contribution in [-0.2, 0) is 0 Å². The number of nitrogens with one attached hydrogen (secondary N) is 1. The first-order valence-electron chi connectivity index (χ1n) is 8.28. The van der Waals surface area contributed by atoms with Gasteiger partial charge in [-0.25, -0.2) is 9.97 Å². The van der Waals surface area contributed by atoms with Crippen molar-refractivity contribution in [3.63, 3.8) is 0 Å². The lowest BCUT2D eigenvalue weighted by molar-refractivity contribution is 0.417. The molecule has 0 aliphatic rings. The minimum atomic E-state index is 0.463. The van der Waals surface area contributed by atoms with E-state index in [1.807, 2.05) is 54.6 Å². The number of nitrogens with zero attached hydrogens (tertiary/aromatic N) is 2. The van der Waals surface area contributed by atoms with Crippen molar-refractivity contribution in [3.05, 3.63) is 76.8 Å². The number of methoxy groups -OCH3 is 1. The number of ether oxygens (including phenoxy) is 1. The minimum Gasteiger partial charge on any atom is -0.495 e. The molecule has 6 heteroatoms. The van der Waals surface area contributed by atoms with E-state index in [0.717, 1.165) is 27.9 Å². The molecule has 0 saturated carbocycles. The Morgan fingerprint density at radius 2 is 1.63 bits per heavy atom. The molecule has 0 atom stereocenters. The maximum absolute atomic E-state index is 6.17. The van der Waals surface area contributed by atoms with Gasteiger partial charge in [0.25, 0.3) is 0 Å². The van der Waals surface area contributed by atoms with Gasteiger partial charge in [0.15, 0.2) is 5.82 Å². The van der Waals surface area contributed by atoms with Gasteiger partial charge in [-0.3, -0.25) is 0 Å². The van der Waals surface area contributed by atoms with Crippen LogP contribution in [0.2, 0.25) is 10.0 Å². The highest BCUT2D eigenvalue weighted by atomic mass is 35.5. The standard InChI is InChI=1S/C21H15Cl2N3O/c1-27-19-9-5-4-8-18(19)25-21-14-6-2-3-7-17(14)24-20(26-21)13-10-11-15(22)16(23)12-13/h2-12H,1H3,(H,24,25,26). The lowest BCUT2D eigenvalue weighted by Gasteiger charge is -2.13. The molecule has 1 heterocycles. The van der Waals surface area contributed by atoms with Gasteiger partial charge in [-0.05, 0) is 42.5 Å². The van der Waals surface area contributed by atoms with Gasteiger partial charge < -0.3 is 10.1 Å². The highest BCUT2D eigenvalue weighted by Crippen LogP contribution is 2.32. The van der Waals surface area contributed by atoms with Gasteiger partial charge in [0.1, 0.15) is 11.6 Å². The summed E-state index contributed by atoms with van der Waals surface area (Å²) in [6.45, 7) is 0. The molecule has 3 aromatic carbocycles. The zero-order valence-electron chi connectivity index (χ0n) is 14.4. The van der Waals surface area contributed by atoms with Crippen molar-refractivity contribution < 1.29 is 4.74 Å². The van der Waals surface area contributed by atoms with Crippen molar-refractivity contribution in [2.45, 2.75) is 0 Å². The van der Waals surface area contributed by atoms with Crippen LogP contribution in [0.5, 0.6) is 5.75 Å². The van der Waals surface area contributed by atoms with Gasteiger partial charge in [-0.1, -0.05) is 47.5 Å². The van der Waals surface area contributed by atoms with Crippen molar-refractivity contribution in [1.82, 2.24) is 9.97 Å². The number of hydrogen-bond acceptors (Lipinski definition) is 4. The average Bonchev–Trinajstić information content (AvgIpc) is 2.70. The summed E-state index contributed by atoms with van der Waals surface area (Å²) in [4.78, 5) is 9.41. The summed E-state index contributed by atoms with van der Waals surface area (Å²) in [5.74, 6) is 1.98. The molecule has 0 amide bonds. The number of para-hydroxylation sites is 3. The third-order valence-corrected chi connectivity index (χ3v) is 4.88. The van der Waals surface area contributed by atoms with E-state index in [9.17, 15) is 0 Å². The van der Waals surface area contributed by atoms with Gasteiger partial charge >= 0.3 is 0 Å². The Hall–Kier alpha value is -2.82. The summed E-state index contributed by atoms with van der Waals surface area (Å²) >= 11 is 12.2. The smallest absolute Gasteiger partial charge is 0.162 e. The molecule has 0 aliphatic carbocycles. The zero-order chi connectivity index (χ0) is 18.8. The Kier molecular flexibility index (Phi) is 4.84. The molecule has 134 valence electrons. The topological polar surface area (TPSA) is 47.0 Å². The molecule has 0 spiro atoms. The molecule has 0 bridgehead atoms. The van der Waals surface area contributed by atoms with Crippen LogP contribution in [-0.4, -0.2) is 17.1 Å².